The molecule has 9 nitrogen and oxygen atoms in total. The van der Waals surface area contributed by atoms with E-state index in [0.717, 1.165) is 11.3 Å². The van der Waals surface area contributed by atoms with Crippen LogP contribution in [-0.4, -0.2) is 36.4 Å². The summed E-state index contributed by atoms with van der Waals surface area (Å²) >= 11 is 0.851. The number of primary amides is 1. The second-order valence-electron chi connectivity index (χ2n) is 7.00. The molecule has 0 aliphatic heterocycles. The van der Waals surface area contributed by atoms with Crippen LogP contribution in [0.25, 0.3) is 21.3 Å². The van der Waals surface area contributed by atoms with Crippen molar-refractivity contribution < 1.29 is 18.4 Å². The highest BCUT2D eigenvalue weighted by Gasteiger charge is 2.26. The van der Waals surface area contributed by atoms with Gasteiger partial charge in [0.25, 0.3) is 18.2 Å². The quantitative estimate of drug-likeness (QED) is 0.457. The number of aryl methyl sites for hydroxylation is 2. The Morgan fingerprint density at radius 2 is 2.03 bits per heavy atom. The van der Waals surface area contributed by atoms with Gasteiger partial charge in [-0.25, -0.2) is 13.8 Å². The van der Waals surface area contributed by atoms with Gasteiger partial charge in [0.1, 0.15) is 21.1 Å². The zero-order chi connectivity index (χ0) is 23.2. The second-order valence-corrected chi connectivity index (χ2v) is 8.00. The highest BCUT2D eigenvalue weighted by Crippen LogP contribution is 2.43. The lowest BCUT2D eigenvalue weighted by atomic mass is 10.0. The average Bonchev–Trinajstić information content (AvgIpc) is 3.45. The highest BCUT2D eigenvalue weighted by atomic mass is 32.1. The fourth-order valence-electron chi connectivity index (χ4n) is 3.45. The van der Waals surface area contributed by atoms with Crippen LogP contribution >= 0.6 is 11.3 Å². The van der Waals surface area contributed by atoms with Crippen LogP contribution in [0.3, 0.4) is 0 Å². The summed E-state index contributed by atoms with van der Waals surface area (Å²) in [6.07, 6.45) is 0.199. The van der Waals surface area contributed by atoms with Crippen molar-refractivity contribution in [2.45, 2.75) is 26.8 Å². The van der Waals surface area contributed by atoms with Crippen LogP contribution in [0.5, 0.6) is 0 Å². The monoisotopic (exact) mass is 459 g/mol. The molecule has 166 valence electrons. The van der Waals surface area contributed by atoms with Crippen molar-refractivity contribution in [2.75, 3.05) is 5.32 Å². The third-order valence-corrected chi connectivity index (χ3v) is 6.24. The minimum atomic E-state index is -2.83. The van der Waals surface area contributed by atoms with E-state index in [1.54, 1.807) is 24.9 Å². The summed E-state index contributed by atoms with van der Waals surface area (Å²) in [7, 11) is 1.72. The van der Waals surface area contributed by atoms with Gasteiger partial charge in [0, 0.05) is 36.4 Å². The van der Waals surface area contributed by atoms with E-state index in [0.29, 0.717) is 28.8 Å². The minimum Gasteiger partial charge on any atom is -0.365 e. The molecular weight excluding hydrogens is 440 g/mol. The lowest BCUT2D eigenvalue weighted by molar-refractivity contribution is 0.100. The molecule has 0 aliphatic rings. The maximum absolute atomic E-state index is 13.6. The number of hydrogen-bond acceptors (Lipinski definition) is 6. The average molecular weight is 459 g/mol. The van der Waals surface area contributed by atoms with Crippen molar-refractivity contribution in [3.05, 3.63) is 46.5 Å². The molecule has 0 fully saturated rings. The first-order chi connectivity index (χ1) is 15.2. The van der Waals surface area contributed by atoms with Crippen LogP contribution in [0.2, 0.25) is 0 Å². The summed E-state index contributed by atoms with van der Waals surface area (Å²) in [6.45, 7) is 4.08. The topological polar surface area (TPSA) is 121 Å². The molecule has 32 heavy (non-hydrogen) atoms. The van der Waals surface area contributed by atoms with E-state index in [1.165, 1.54) is 23.0 Å². The number of nitrogens with two attached hydrogens (primary N) is 1. The lowest BCUT2D eigenvalue weighted by Crippen LogP contribution is -2.19. The molecule has 0 atom stereocenters. The highest BCUT2D eigenvalue weighted by molar-refractivity contribution is 7.21. The van der Waals surface area contributed by atoms with Crippen molar-refractivity contribution in [1.82, 2.24) is 24.5 Å². The second kappa shape index (κ2) is 8.11. The molecule has 0 aromatic carbocycles. The number of carbonyl (C=O) groups is 2. The Balaban J connectivity index is 1.99. The molecule has 0 saturated heterocycles. The molecule has 3 N–H and O–H groups in total. The van der Waals surface area contributed by atoms with Crippen molar-refractivity contribution >= 4 is 39.1 Å². The molecule has 4 heterocycles. The zero-order valence-electron chi connectivity index (χ0n) is 17.4. The Morgan fingerprint density at radius 1 is 1.28 bits per heavy atom. The number of halogens is 2. The molecule has 0 bridgehead atoms. The summed E-state index contributed by atoms with van der Waals surface area (Å²) in [5.74, 6) is -1.32. The van der Waals surface area contributed by atoms with Gasteiger partial charge in [-0.2, -0.15) is 10.2 Å². The van der Waals surface area contributed by atoms with Crippen molar-refractivity contribution in [1.29, 1.82) is 0 Å². The minimum absolute atomic E-state index is 0.0117. The number of aromatic nitrogens is 5. The molecule has 4 aromatic heterocycles. The number of rotatable bonds is 6. The molecule has 0 saturated carbocycles. The summed E-state index contributed by atoms with van der Waals surface area (Å²) in [5, 5.41) is 11.3. The van der Waals surface area contributed by atoms with Crippen LogP contribution < -0.4 is 11.1 Å². The number of nitrogens with one attached hydrogen (secondary N) is 1. The Morgan fingerprint density at radius 3 is 2.62 bits per heavy atom. The summed E-state index contributed by atoms with van der Waals surface area (Å²) in [5.41, 5.74) is 7.17. The molecular formula is C20H19F2N7O2S. The first-order valence-corrected chi connectivity index (χ1v) is 10.4. The van der Waals surface area contributed by atoms with Gasteiger partial charge in [0.2, 0.25) is 0 Å². The van der Waals surface area contributed by atoms with Gasteiger partial charge in [0.15, 0.2) is 0 Å². The molecule has 4 rings (SSSR count). The molecule has 0 aliphatic carbocycles. The summed E-state index contributed by atoms with van der Waals surface area (Å²) in [4.78, 5) is 29.4. The standard InChI is InChI=1S/C20H19F2N7O2S/c1-4-29-13(5-6-24-29)19(31)27-15-14-10(11-8-25-28(3)9(11)2)7-12(17(21)22)26-20(14)32-16(15)18(23)30/h5-8,17H,4H2,1-3H3,(H2,23,30)(H,27,31). The van der Waals surface area contributed by atoms with Gasteiger partial charge in [-0.15, -0.1) is 11.3 Å². The normalized spacial score (nSPS) is 11.4. The van der Waals surface area contributed by atoms with Gasteiger partial charge in [0.05, 0.1) is 11.9 Å². The number of amides is 2. The molecule has 2 amide bonds. The van der Waals surface area contributed by atoms with Crippen LogP contribution in [0.4, 0.5) is 14.5 Å². The van der Waals surface area contributed by atoms with E-state index >= 15 is 0 Å². The van der Waals surface area contributed by atoms with Gasteiger partial charge in [-0.05, 0) is 31.5 Å². The first-order valence-electron chi connectivity index (χ1n) is 9.60. The van der Waals surface area contributed by atoms with E-state index in [-0.39, 0.29) is 21.1 Å². The van der Waals surface area contributed by atoms with Crippen LogP contribution in [0.15, 0.2) is 24.5 Å². The van der Waals surface area contributed by atoms with Crippen molar-refractivity contribution in [2.24, 2.45) is 12.8 Å². The van der Waals surface area contributed by atoms with Gasteiger partial charge in [-0.3, -0.25) is 19.0 Å². The maximum Gasteiger partial charge on any atom is 0.280 e. The first kappa shape index (κ1) is 21.6. The Hall–Kier alpha value is -3.67. The third-order valence-electron chi connectivity index (χ3n) is 5.14. The predicted octanol–water partition coefficient (Wildman–Crippen LogP) is 3.51. The number of alkyl halides is 2. The van der Waals surface area contributed by atoms with Crippen LogP contribution in [0, 0.1) is 6.92 Å². The Labute approximate surface area is 184 Å². The van der Waals surface area contributed by atoms with Crippen LogP contribution in [0.1, 0.15) is 44.9 Å². The molecule has 4 aromatic rings. The number of nitrogens with zero attached hydrogens (tertiary/aromatic N) is 5. The number of carbonyl (C=O) groups excluding carboxylic acids is 2. The van der Waals surface area contributed by atoms with Gasteiger partial charge < -0.3 is 11.1 Å². The number of hydrogen-bond donors (Lipinski definition) is 2. The van der Waals surface area contributed by atoms with E-state index in [4.69, 9.17) is 5.73 Å². The number of fused-ring (bicyclic) bond motifs is 1. The zero-order valence-corrected chi connectivity index (χ0v) is 18.2. The Kier molecular flexibility index (Phi) is 5.46. The number of pyridine rings is 1. The maximum atomic E-state index is 13.6. The molecule has 0 radical (unpaired) electrons. The van der Waals surface area contributed by atoms with E-state index in [9.17, 15) is 18.4 Å². The Bertz CT molecular complexity index is 1360. The fourth-order valence-corrected chi connectivity index (χ4v) is 4.47. The number of anilines is 1. The third kappa shape index (κ3) is 3.51. The van der Waals surface area contributed by atoms with E-state index in [2.05, 4.69) is 20.5 Å². The predicted molar refractivity (Wildman–Crippen MR) is 116 cm³/mol. The summed E-state index contributed by atoms with van der Waals surface area (Å²) < 4.78 is 30.3. The number of thiophene rings is 1. The van der Waals surface area contributed by atoms with Gasteiger partial charge in [-0.1, -0.05) is 0 Å². The lowest BCUT2D eigenvalue weighted by Gasteiger charge is -2.11. The summed E-state index contributed by atoms with van der Waals surface area (Å²) in [6, 6.07) is 2.79. The fraction of sp³-hybridized carbons (Fsp3) is 0.250. The van der Waals surface area contributed by atoms with Crippen molar-refractivity contribution in [3.8, 4) is 11.1 Å². The van der Waals surface area contributed by atoms with Crippen molar-refractivity contribution in [3.63, 3.8) is 0 Å². The van der Waals surface area contributed by atoms with E-state index < -0.39 is 23.9 Å². The van der Waals surface area contributed by atoms with Gasteiger partial charge >= 0.3 is 0 Å². The smallest absolute Gasteiger partial charge is 0.280 e. The molecule has 12 heteroatoms. The van der Waals surface area contributed by atoms with E-state index in [1.807, 2.05) is 6.92 Å². The SMILES string of the molecule is CCn1nccc1C(=O)Nc1c(C(N)=O)sc2nc(C(F)F)cc(-c3cnn(C)c3C)c12. The largest absolute Gasteiger partial charge is 0.365 e. The molecule has 0 unspecified atom stereocenters. The molecule has 0 spiro atoms. The van der Waals surface area contributed by atoms with Crippen LogP contribution in [-0.2, 0) is 13.6 Å².